The Labute approximate surface area is 120 Å². The van der Waals surface area contributed by atoms with Gasteiger partial charge in [-0.15, -0.1) is 0 Å². The molecule has 2 heterocycles. The Balaban J connectivity index is 1.76. The van der Waals surface area contributed by atoms with Gasteiger partial charge in [-0.25, -0.2) is 4.98 Å². The van der Waals surface area contributed by atoms with Gasteiger partial charge in [0.25, 0.3) is 0 Å². The van der Waals surface area contributed by atoms with Crippen LogP contribution in [0.2, 0.25) is 0 Å². The summed E-state index contributed by atoms with van der Waals surface area (Å²) < 4.78 is 2.25. The molecule has 1 aliphatic heterocycles. The van der Waals surface area contributed by atoms with Crippen LogP contribution in [-0.2, 0) is 6.54 Å². The molecule has 0 aliphatic carbocycles. The maximum atomic E-state index is 4.57. The summed E-state index contributed by atoms with van der Waals surface area (Å²) in [6.45, 7) is 5.33. The molecule has 0 atom stereocenters. The molecule has 4 nitrogen and oxygen atoms in total. The second-order valence-corrected chi connectivity index (χ2v) is 5.48. The smallest absolute Gasteiger partial charge is 0.205 e. The minimum absolute atomic E-state index is 0.891. The highest BCUT2D eigenvalue weighted by Gasteiger charge is 2.16. The van der Waals surface area contributed by atoms with Crippen LogP contribution in [-0.4, -0.2) is 47.7 Å². The minimum Gasteiger partial charge on any atom is -0.341 e. The van der Waals surface area contributed by atoms with Crippen molar-refractivity contribution in [3.63, 3.8) is 0 Å². The molecule has 1 aliphatic rings. The first kappa shape index (κ1) is 13.2. The van der Waals surface area contributed by atoms with Crippen molar-refractivity contribution in [2.24, 2.45) is 0 Å². The molecule has 0 saturated carbocycles. The van der Waals surface area contributed by atoms with Crippen molar-refractivity contribution in [3.8, 4) is 0 Å². The van der Waals surface area contributed by atoms with E-state index in [4.69, 9.17) is 0 Å². The Morgan fingerprint density at radius 1 is 1.05 bits per heavy atom. The number of anilines is 1. The first-order chi connectivity index (χ1) is 9.83. The van der Waals surface area contributed by atoms with E-state index in [1.54, 1.807) is 0 Å². The lowest BCUT2D eigenvalue weighted by Crippen LogP contribution is -2.31. The summed E-state index contributed by atoms with van der Waals surface area (Å²) in [5.41, 5.74) is 1.32. The normalized spacial score (nSPS) is 17.1. The number of likely N-dealkylation sites (N-methyl/N-ethyl adjacent to an activating group) is 1. The van der Waals surface area contributed by atoms with Crippen LogP contribution in [0.5, 0.6) is 0 Å². The van der Waals surface area contributed by atoms with Gasteiger partial charge in [0.15, 0.2) is 0 Å². The second kappa shape index (κ2) is 6.09. The lowest BCUT2D eigenvalue weighted by atomic mass is 10.2. The first-order valence-corrected chi connectivity index (χ1v) is 7.31. The third kappa shape index (κ3) is 3.02. The third-order valence-electron chi connectivity index (χ3n) is 3.89. The Morgan fingerprint density at radius 3 is 2.75 bits per heavy atom. The topological polar surface area (TPSA) is 24.3 Å². The molecule has 1 aromatic heterocycles. The number of aromatic nitrogens is 2. The summed E-state index contributed by atoms with van der Waals surface area (Å²) in [4.78, 5) is 9.38. The van der Waals surface area contributed by atoms with Crippen molar-refractivity contribution < 1.29 is 0 Å². The molecule has 0 spiro atoms. The molecule has 0 amide bonds. The van der Waals surface area contributed by atoms with E-state index in [0.29, 0.717) is 0 Å². The predicted octanol–water partition coefficient (Wildman–Crippen LogP) is 2.07. The lowest BCUT2D eigenvalue weighted by molar-refractivity contribution is 0.360. The monoisotopic (exact) mass is 270 g/mol. The standard InChI is InChI=1S/C16H22N4/c1-18-9-5-10-19(13-12-18)16-17-8-11-20(16)14-15-6-3-2-4-7-15/h2-4,6-8,11H,5,9-10,12-14H2,1H3. The van der Waals surface area contributed by atoms with Crippen molar-refractivity contribution in [1.82, 2.24) is 14.5 Å². The van der Waals surface area contributed by atoms with E-state index >= 15 is 0 Å². The van der Waals surface area contributed by atoms with Gasteiger partial charge in [-0.3, -0.25) is 0 Å². The van der Waals surface area contributed by atoms with Crippen LogP contribution in [0.1, 0.15) is 12.0 Å². The SMILES string of the molecule is CN1CCCN(c2nccn2Cc2ccccc2)CC1. The van der Waals surface area contributed by atoms with E-state index in [2.05, 4.69) is 62.9 Å². The number of rotatable bonds is 3. The average molecular weight is 270 g/mol. The van der Waals surface area contributed by atoms with Gasteiger partial charge in [0.2, 0.25) is 5.95 Å². The van der Waals surface area contributed by atoms with E-state index in [1.165, 1.54) is 18.5 Å². The maximum Gasteiger partial charge on any atom is 0.205 e. The maximum absolute atomic E-state index is 4.57. The molecule has 0 unspecified atom stereocenters. The number of imidazole rings is 1. The van der Waals surface area contributed by atoms with Gasteiger partial charge in [0.1, 0.15) is 0 Å². The van der Waals surface area contributed by atoms with Gasteiger partial charge >= 0.3 is 0 Å². The van der Waals surface area contributed by atoms with E-state index in [1.807, 2.05) is 6.20 Å². The van der Waals surface area contributed by atoms with Crippen LogP contribution in [0.15, 0.2) is 42.7 Å². The highest BCUT2D eigenvalue weighted by Crippen LogP contribution is 2.16. The molecule has 0 radical (unpaired) electrons. The van der Waals surface area contributed by atoms with Gasteiger partial charge in [0.05, 0.1) is 6.54 Å². The van der Waals surface area contributed by atoms with Gasteiger partial charge in [-0.1, -0.05) is 30.3 Å². The first-order valence-electron chi connectivity index (χ1n) is 7.31. The molecule has 1 saturated heterocycles. The fourth-order valence-electron chi connectivity index (χ4n) is 2.73. The summed E-state index contributed by atoms with van der Waals surface area (Å²) in [5.74, 6) is 1.10. The Kier molecular flexibility index (Phi) is 4.02. The highest BCUT2D eigenvalue weighted by atomic mass is 15.3. The number of hydrogen-bond acceptors (Lipinski definition) is 3. The van der Waals surface area contributed by atoms with Gasteiger partial charge < -0.3 is 14.4 Å². The zero-order valence-electron chi connectivity index (χ0n) is 12.1. The predicted molar refractivity (Wildman–Crippen MR) is 82.1 cm³/mol. The van der Waals surface area contributed by atoms with Crippen molar-refractivity contribution in [1.29, 1.82) is 0 Å². The largest absolute Gasteiger partial charge is 0.341 e. The molecule has 4 heteroatoms. The Hall–Kier alpha value is -1.81. The lowest BCUT2D eigenvalue weighted by Gasteiger charge is -2.22. The summed E-state index contributed by atoms with van der Waals surface area (Å²) >= 11 is 0. The molecule has 2 aromatic rings. The van der Waals surface area contributed by atoms with E-state index in [-0.39, 0.29) is 0 Å². The summed E-state index contributed by atoms with van der Waals surface area (Å²) in [6, 6.07) is 10.6. The van der Waals surface area contributed by atoms with E-state index in [0.717, 1.165) is 32.1 Å². The van der Waals surface area contributed by atoms with Crippen molar-refractivity contribution in [2.75, 3.05) is 38.1 Å². The van der Waals surface area contributed by atoms with Crippen molar-refractivity contribution in [2.45, 2.75) is 13.0 Å². The van der Waals surface area contributed by atoms with Gasteiger partial charge in [-0.2, -0.15) is 0 Å². The van der Waals surface area contributed by atoms with Crippen LogP contribution in [0.4, 0.5) is 5.95 Å². The van der Waals surface area contributed by atoms with Crippen molar-refractivity contribution >= 4 is 5.95 Å². The van der Waals surface area contributed by atoms with E-state index in [9.17, 15) is 0 Å². The molecule has 106 valence electrons. The summed E-state index contributed by atoms with van der Waals surface area (Å²) in [6.07, 6.45) is 5.19. The fourth-order valence-corrected chi connectivity index (χ4v) is 2.73. The fraction of sp³-hybridized carbons (Fsp3) is 0.438. The zero-order chi connectivity index (χ0) is 13.8. The molecular weight excluding hydrogens is 248 g/mol. The van der Waals surface area contributed by atoms with Gasteiger partial charge in [-0.05, 0) is 25.6 Å². The molecular formula is C16H22N4. The third-order valence-corrected chi connectivity index (χ3v) is 3.89. The number of benzene rings is 1. The summed E-state index contributed by atoms with van der Waals surface area (Å²) in [7, 11) is 2.19. The molecule has 0 bridgehead atoms. The molecule has 0 N–H and O–H groups in total. The van der Waals surface area contributed by atoms with Crippen LogP contribution < -0.4 is 4.90 Å². The summed E-state index contributed by atoms with van der Waals surface area (Å²) in [5, 5.41) is 0. The average Bonchev–Trinajstić information content (AvgIpc) is 2.81. The minimum atomic E-state index is 0.891. The molecule has 3 rings (SSSR count). The number of hydrogen-bond donors (Lipinski definition) is 0. The van der Waals surface area contributed by atoms with Crippen LogP contribution >= 0.6 is 0 Å². The van der Waals surface area contributed by atoms with Crippen LogP contribution in [0, 0.1) is 0 Å². The Bertz CT molecular complexity index is 534. The quantitative estimate of drug-likeness (QED) is 0.853. The van der Waals surface area contributed by atoms with E-state index < -0.39 is 0 Å². The van der Waals surface area contributed by atoms with Crippen molar-refractivity contribution in [3.05, 3.63) is 48.3 Å². The number of nitrogens with zero attached hydrogens (tertiary/aromatic N) is 4. The molecule has 1 aromatic carbocycles. The Morgan fingerprint density at radius 2 is 1.90 bits per heavy atom. The second-order valence-electron chi connectivity index (χ2n) is 5.48. The molecule has 20 heavy (non-hydrogen) atoms. The highest BCUT2D eigenvalue weighted by molar-refractivity contribution is 5.33. The zero-order valence-corrected chi connectivity index (χ0v) is 12.1. The van der Waals surface area contributed by atoms with Gasteiger partial charge in [0, 0.05) is 32.0 Å². The molecule has 1 fully saturated rings. The van der Waals surface area contributed by atoms with Crippen LogP contribution in [0.3, 0.4) is 0 Å². The van der Waals surface area contributed by atoms with Crippen LogP contribution in [0.25, 0.3) is 0 Å².